The minimum absolute atomic E-state index is 0.262. The molecule has 1 aromatic carbocycles. The summed E-state index contributed by atoms with van der Waals surface area (Å²) in [4.78, 5) is 4.42. The lowest BCUT2D eigenvalue weighted by atomic mass is 10.0. The van der Waals surface area contributed by atoms with E-state index in [1.54, 1.807) is 6.33 Å². The highest BCUT2D eigenvalue weighted by Crippen LogP contribution is 2.22. The van der Waals surface area contributed by atoms with Gasteiger partial charge in [-0.25, -0.2) is 9.67 Å². The van der Waals surface area contributed by atoms with Crippen molar-refractivity contribution in [1.82, 2.24) is 20.1 Å². The maximum absolute atomic E-state index is 4.42. The first kappa shape index (κ1) is 15.4. The molecular weight excluding hydrogens is 363 g/mol. The molecule has 1 heterocycles. The Labute approximate surface area is 134 Å². The molecule has 0 spiro atoms. The van der Waals surface area contributed by atoms with E-state index in [-0.39, 0.29) is 6.04 Å². The van der Waals surface area contributed by atoms with E-state index in [9.17, 15) is 0 Å². The van der Waals surface area contributed by atoms with Gasteiger partial charge in [0, 0.05) is 22.6 Å². The molecule has 0 aliphatic rings. The van der Waals surface area contributed by atoms with Crippen molar-refractivity contribution in [3.05, 3.63) is 45.6 Å². The van der Waals surface area contributed by atoms with Gasteiger partial charge in [0.25, 0.3) is 0 Å². The van der Waals surface area contributed by atoms with Crippen molar-refractivity contribution in [2.24, 2.45) is 5.92 Å². The van der Waals surface area contributed by atoms with Crippen LogP contribution in [0.1, 0.15) is 31.3 Å². The first-order valence-corrected chi connectivity index (χ1v) is 7.98. The Bertz CT molecular complexity index is 550. The molecule has 1 N–H and O–H groups in total. The van der Waals surface area contributed by atoms with Crippen LogP contribution in [0.25, 0.3) is 0 Å². The van der Waals surface area contributed by atoms with Gasteiger partial charge in [-0.2, -0.15) is 5.10 Å². The van der Waals surface area contributed by atoms with E-state index in [4.69, 9.17) is 0 Å². The van der Waals surface area contributed by atoms with E-state index in [0.717, 1.165) is 18.8 Å². The molecule has 2 rings (SSSR count). The van der Waals surface area contributed by atoms with Crippen molar-refractivity contribution in [1.29, 1.82) is 0 Å². The van der Waals surface area contributed by atoms with E-state index in [1.165, 1.54) is 9.13 Å². The zero-order valence-corrected chi connectivity index (χ0v) is 14.3. The molecule has 0 radical (unpaired) electrons. The normalized spacial score (nSPS) is 12.8. The number of aromatic nitrogens is 3. The van der Waals surface area contributed by atoms with Gasteiger partial charge in [-0.1, -0.05) is 32.0 Å². The number of nitrogens with zero attached hydrogens (tertiary/aromatic N) is 3. The van der Waals surface area contributed by atoms with Gasteiger partial charge in [0.05, 0.1) is 0 Å². The van der Waals surface area contributed by atoms with Crippen LogP contribution < -0.4 is 5.32 Å². The Morgan fingerprint density at radius 2 is 2.05 bits per heavy atom. The van der Waals surface area contributed by atoms with Crippen LogP contribution in [0, 0.1) is 9.49 Å². The highest BCUT2D eigenvalue weighted by Gasteiger charge is 2.16. The average molecular weight is 384 g/mol. The molecule has 0 amide bonds. The van der Waals surface area contributed by atoms with E-state index < -0.39 is 0 Å². The molecule has 2 aromatic rings. The molecule has 108 valence electrons. The lowest BCUT2D eigenvalue weighted by Crippen LogP contribution is -2.22. The van der Waals surface area contributed by atoms with Crippen molar-refractivity contribution in [2.45, 2.75) is 32.9 Å². The number of benzene rings is 1. The first-order chi connectivity index (χ1) is 9.61. The van der Waals surface area contributed by atoms with Gasteiger partial charge >= 0.3 is 0 Å². The SMILES string of the molecule is CNC(Cc1ncnn1CC(C)C)c1ccccc1I. The van der Waals surface area contributed by atoms with Crippen LogP contribution in [0.3, 0.4) is 0 Å². The second-order valence-corrected chi connectivity index (χ2v) is 6.48. The average Bonchev–Trinajstić information content (AvgIpc) is 2.83. The van der Waals surface area contributed by atoms with Crippen LogP contribution in [-0.4, -0.2) is 21.8 Å². The third-order valence-electron chi connectivity index (χ3n) is 3.25. The molecule has 0 bridgehead atoms. The van der Waals surface area contributed by atoms with Gasteiger partial charge in [-0.15, -0.1) is 0 Å². The molecule has 0 aliphatic heterocycles. The van der Waals surface area contributed by atoms with Crippen LogP contribution >= 0.6 is 22.6 Å². The summed E-state index contributed by atoms with van der Waals surface area (Å²) in [6.45, 7) is 5.31. The summed E-state index contributed by atoms with van der Waals surface area (Å²) in [5.41, 5.74) is 1.31. The predicted molar refractivity (Wildman–Crippen MR) is 89.5 cm³/mol. The summed E-state index contributed by atoms with van der Waals surface area (Å²) in [5, 5.41) is 7.73. The van der Waals surface area contributed by atoms with Gasteiger partial charge in [0.15, 0.2) is 0 Å². The number of hydrogen-bond donors (Lipinski definition) is 1. The van der Waals surface area contributed by atoms with Gasteiger partial charge in [-0.3, -0.25) is 0 Å². The topological polar surface area (TPSA) is 42.7 Å². The Morgan fingerprint density at radius 3 is 2.70 bits per heavy atom. The summed E-state index contributed by atoms with van der Waals surface area (Å²) < 4.78 is 3.30. The fraction of sp³-hybridized carbons (Fsp3) is 0.467. The third kappa shape index (κ3) is 3.79. The lowest BCUT2D eigenvalue weighted by Gasteiger charge is -2.18. The van der Waals surface area contributed by atoms with Crippen molar-refractivity contribution in [3.8, 4) is 0 Å². The van der Waals surface area contributed by atoms with Crippen LogP contribution in [0.5, 0.6) is 0 Å². The molecule has 1 aromatic heterocycles. The molecule has 0 fully saturated rings. The van der Waals surface area contributed by atoms with Crippen LogP contribution in [0.15, 0.2) is 30.6 Å². The highest BCUT2D eigenvalue weighted by atomic mass is 127. The van der Waals surface area contributed by atoms with Gasteiger partial charge < -0.3 is 5.32 Å². The summed E-state index contributed by atoms with van der Waals surface area (Å²) in [6, 6.07) is 8.73. The zero-order chi connectivity index (χ0) is 14.5. The van der Waals surface area contributed by atoms with Crippen LogP contribution in [-0.2, 0) is 13.0 Å². The Balaban J connectivity index is 2.19. The highest BCUT2D eigenvalue weighted by molar-refractivity contribution is 14.1. The number of hydrogen-bond acceptors (Lipinski definition) is 3. The standard InChI is InChI=1S/C15H21IN4/c1-11(2)9-20-15(18-10-19-20)8-14(17-3)12-6-4-5-7-13(12)16/h4-7,10-11,14,17H,8-9H2,1-3H3. The molecule has 1 unspecified atom stereocenters. The van der Waals surface area contributed by atoms with Gasteiger partial charge in [0.2, 0.25) is 0 Å². The smallest absolute Gasteiger partial charge is 0.138 e. The van der Waals surface area contributed by atoms with E-state index in [2.05, 4.69) is 76.1 Å². The Morgan fingerprint density at radius 1 is 1.30 bits per heavy atom. The minimum atomic E-state index is 0.262. The maximum atomic E-state index is 4.42. The minimum Gasteiger partial charge on any atom is -0.313 e. The lowest BCUT2D eigenvalue weighted by molar-refractivity contribution is 0.451. The van der Waals surface area contributed by atoms with Crippen molar-refractivity contribution in [3.63, 3.8) is 0 Å². The number of likely N-dealkylation sites (N-methyl/N-ethyl adjacent to an activating group) is 1. The van der Waals surface area contributed by atoms with Crippen LogP contribution in [0.2, 0.25) is 0 Å². The van der Waals surface area contributed by atoms with Gasteiger partial charge in [0.1, 0.15) is 12.2 Å². The van der Waals surface area contributed by atoms with E-state index >= 15 is 0 Å². The van der Waals surface area contributed by atoms with Gasteiger partial charge in [-0.05, 0) is 47.2 Å². The quantitative estimate of drug-likeness (QED) is 0.779. The summed E-state index contributed by atoms with van der Waals surface area (Å²) in [7, 11) is 2.00. The van der Waals surface area contributed by atoms with Crippen molar-refractivity contribution in [2.75, 3.05) is 7.05 Å². The molecule has 0 aliphatic carbocycles. The number of nitrogens with one attached hydrogen (secondary N) is 1. The second kappa shape index (κ2) is 7.17. The maximum Gasteiger partial charge on any atom is 0.138 e. The predicted octanol–water partition coefficient (Wildman–Crippen LogP) is 3.04. The van der Waals surface area contributed by atoms with Crippen molar-refractivity contribution >= 4 is 22.6 Å². The molecule has 4 nitrogen and oxygen atoms in total. The molecule has 1 atom stereocenters. The van der Waals surface area contributed by atoms with Crippen LogP contribution in [0.4, 0.5) is 0 Å². The van der Waals surface area contributed by atoms with E-state index in [0.29, 0.717) is 5.92 Å². The summed E-state index contributed by atoms with van der Waals surface area (Å²) >= 11 is 2.39. The Kier molecular flexibility index (Phi) is 5.54. The summed E-state index contributed by atoms with van der Waals surface area (Å²) in [5.74, 6) is 1.61. The number of rotatable bonds is 6. The first-order valence-electron chi connectivity index (χ1n) is 6.90. The molecule has 5 heteroatoms. The fourth-order valence-electron chi connectivity index (χ4n) is 2.25. The molecular formula is C15H21IN4. The fourth-order valence-corrected chi connectivity index (χ4v) is 3.02. The Hall–Kier alpha value is -0.950. The van der Waals surface area contributed by atoms with E-state index in [1.807, 2.05) is 11.7 Å². The summed E-state index contributed by atoms with van der Waals surface area (Å²) in [6.07, 6.45) is 2.50. The zero-order valence-electron chi connectivity index (χ0n) is 12.2. The number of halogens is 1. The second-order valence-electron chi connectivity index (χ2n) is 5.32. The third-order valence-corrected chi connectivity index (χ3v) is 4.23. The largest absolute Gasteiger partial charge is 0.313 e. The monoisotopic (exact) mass is 384 g/mol. The molecule has 20 heavy (non-hydrogen) atoms. The molecule has 0 saturated carbocycles. The molecule has 0 saturated heterocycles. The van der Waals surface area contributed by atoms with Crippen molar-refractivity contribution < 1.29 is 0 Å².